The van der Waals surface area contributed by atoms with Gasteiger partial charge >= 0.3 is 0 Å². The third-order valence-electron chi connectivity index (χ3n) is 3.80. The number of nitrogens with one attached hydrogen (secondary N) is 1. The van der Waals surface area contributed by atoms with E-state index in [9.17, 15) is 0 Å². The molecule has 0 radical (unpaired) electrons. The van der Waals surface area contributed by atoms with Crippen LogP contribution in [-0.4, -0.2) is 6.54 Å². The van der Waals surface area contributed by atoms with Crippen LogP contribution in [0.15, 0.2) is 52.3 Å². The largest absolute Gasteiger partial charge is 0.306 e. The molecule has 3 aromatic rings. The number of fused-ring (bicyclic) bond motifs is 1. The van der Waals surface area contributed by atoms with Crippen molar-refractivity contribution in [3.05, 3.63) is 69.0 Å². The number of aryl methyl sites for hydroxylation is 1. The summed E-state index contributed by atoms with van der Waals surface area (Å²) < 4.78 is 2.50. The summed E-state index contributed by atoms with van der Waals surface area (Å²) in [5, 5.41) is 7.27. The van der Waals surface area contributed by atoms with Crippen molar-refractivity contribution in [3.63, 3.8) is 0 Å². The number of hydrogen-bond acceptors (Lipinski definition) is 2. The third kappa shape index (κ3) is 2.78. The maximum atomic E-state index is 3.66. The predicted octanol–water partition coefficient (Wildman–Crippen LogP) is 5.67. The molecule has 21 heavy (non-hydrogen) atoms. The Hall–Kier alpha value is -1.16. The van der Waals surface area contributed by atoms with Crippen molar-refractivity contribution in [1.82, 2.24) is 5.32 Å². The lowest BCUT2D eigenvalue weighted by molar-refractivity contribution is 0.633. The summed E-state index contributed by atoms with van der Waals surface area (Å²) in [4.78, 5) is 0. The smallest absolute Gasteiger partial charge is 0.0593 e. The van der Waals surface area contributed by atoms with Crippen LogP contribution in [0.2, 0.25) is 0 Å². The first-order chi connectivity index (χ1) is 10.2. The second-order valence-corrected chi connectivity index (χ2v) is 6.89. The van der Waals surface area contributed by atoms with Gasteiger partial charge in [0.1, 0.15) is 0 Å². The zero-order chi connectivity index (χ0) is 14.8. The molecular weight excluding hydrogens is 342 g/mol. The lowest BCUT2D eigenvalue weighted by Crippen LogP contribution is -2.22. The fourth-order valence-electron chi connectivity index (χ4n) is 2.77. The fraction of sp³-hybridized carbons (Fsp3) is 0.222. The van der Waals surface area contributed by atoms with E-state index in [0.717, 1.165) is 6.54 Å². The molecular formula is C18H18BrNS. The van der Waals surface area contributed by atoms with Gasteiger partial charge in [-0.3, -0.25) is 0 Å². The van der Waals surface area contributed by atoms with E-state index < -0.39 is 0 Å². The lowest BCUT2D eigenvalue weighted by Gasteiger charge is -2.20. The Morgan fingerprint density at radius 2 is 1.90 bits per heavy atom. The van der Waals surface area contributed by atoms with Crippen LogP contribution in [0.4, 0.5) is 0 Å². The summed E-state index contributed by atoms with van der Waals surface area (Å²) in [5.74, 6) is 0. The quantitative estimate of drug-likeness (QED) is 0.632. The van der Waals surface area contributed by atoms with E-state index in [4.69, 9.17) is 0 Å². The average Bonchev–Trinajstić information content (AvgIpc) is 2.91. The first-order valence-electron chi connectivity index (χ1n) is 7.17. The molecule has 1 aromatic heterocycles. The van der Waals surface area contributed by atoms with Crippen LogP contribution in [-0.2, 0) is 0 Å². The Bertz CT molecular complexity index is 763. The Kier molecular flexibility index (Phi) is 4.43. The van der Waals surface area contributed by atoms with E-state index in [1.165, 1.54) is 31.2 Å². The first-order valence-corrected chi connectivity index (χ1v) is 8.84. The predicted molar refractivity (Wildman–Crippen MR) is 96.2 cm³/mol. The van der Waals surface area contributed by atoms with Gasteiger partial charge in [-0.25, -0.2) is 0 Å². The van der Waals surface area contributed by atoms with Gasteiger partial charge in [0.05, 0.1) is 6.04 Å². The van der Waals surface area contributed by atoms with Gasteiger partial charge in [0, 0.05) is 9.17 Å². The molecule has 0 saturated carbocycles. The fourth-order valence-corrected chi connectivity index (χ4v) is 4.42. The van der Waals surface area contributed by atoms with Crippen molar-refractivity contribution >= 4 is 37.4 Å². The van der Waals surface area contributed by atoms with E-state index >= 15 is 0 Å². The Morgan fingerprint density at radius 1 is 1.10 bits per heavy atom. The molecule has 1 nitrogen and oxygen atoms in total. The Morgan fingerprint density at radius 3 is 2.67 bits per heavy atom. The van der Waals surface area contributed by atoms with E-state index in [1.807, 2.05) is 11.3 Å². The molecule has 108 valence electrons. The summed E-state index contributed by atoms with van der Waals surface area (Å²) in [5.41, 5.74) is 4.06. The van der Waals surface area contributed by atoms with Crippen LogP contribution in [0.5, 0.6) is 0 Å². The number of thiophene rings is 1. The second kappa shape index (κ2) is 6.30. The first kappa shape index (κ1) is 14.8. The Labute approximate surface area is 138 Å². The molecule has 0 aliphatic rings. The van der Waals surface area contributed by atoms with E-state index in [1.54, 1.807) is 0 Å². The standard InChI is InChI=1S/C18H18BrNS/c1-3-20-17(13-8-5-4-7-12(13)2)15-11-21-18-14(15)9-6-10-16(18)19/h4-11,17,20H,3H2,1-2H3. The molecule has 0 aliphatic carbocycles. The summed E-state index contributed by atoms with van der Waals surface area (Å²) >= 11 is 5.47. The van der Waals surface area contributed by atoms with Crippen LogP contribution in [0.1, 0.15) is 29.7 Å². The van der Waals surface area contributed by atoms with Crippen LogP contribution in [0.25, 0.3) is 10.1 Å². The summed E-state index contributed by atoms with van der Waals surface area (Å²) in [6.45, 7) is 5.30. The summed E-state index contributed by atoms with van der Waals surface area (Å²) in [7, 11) is 0. The highest BCUT2D eigenvalue weighted by molar-refractivity contribution is 9.10. The molecule has 1 atom stereocenters. The van der Waals surface area contributed by atoms with Crippen molar-refractivity contribution in [2.24, 2.45) is 0 Å². The zero-order valence-electron chi connectivity index (χ0n) is 12.2. The van der Waals surface area contributed by atoms with Gasteiger partial charge < -0.3 is 5.32 Å². The topological polar surface area (TPSA) is 12.0 Å². The van der Waals surface area contributed by atoms with Gasteiger partial charge in [-0.15, -0.1) is 11.3 Å². The molecule has 1 N–H and O–H groups in total. The van der Waals surface area contributed by atoms with Crippen LogP contribution < -0.4 is 5.32 Å². The number of benzene rings is 2. The van der Waals surface area contributed by atoms with Crippen molar-refractivity contribution in [3.8, 4) is 0 Å². The summed E-state index contributed by atoms with van der Waals surface area (Å²) in [6.07, 6.45) is 0. The number of hydrogen-bond donors (Lipinski definition) is 1. The third-order valence-corrected chi connectivity index (χ3v) is 5.77. The Balaban J connectivity index is 2.16. The van der Waals surface area contributed by atoms with Crippen molar-refractivity contribution in [1.29, 1.82) is 0 Å². The number of rotatable bonds is 4. The van der Waals surface area contributed by atoms with Crippen molar-refractivity contribution in [2.45, 2.75) is 19.9 Å². The molecule has 3 heteroatoms. The van der Waals surface area contributed by atoms with Crippen molar-refractivity contribution in [2.75, 3.05) is 6.54 Å². The minimum absolute atomic E-state index is 0.249. The minimum atomic E-state index is 0.249. The molecule has 0 spiro atoms. The molecule has 0 aliphatic heterocycles. The van der Waals surface area contributed by atoms with E-state index in [2.05, 4.69) is 82.9 Å². The highest BCUT2D eigenvalue weighted by Gasteiger charge is 2.19. The maximum Gasteiger partial charge on any atom is 0.0593 e. The van der Waals surface area contributed by atoms with Crippen LogP contribution in [0, 0.1) is 6.92 Å². The SMILES string of the molecule is CCNC(c1ccccc1C)c1csc2c(Br)cccc12. The minimum Gasteiger partial charge on any atom is -0.306 e. The van der Waals surface area contributed by atoms with Gasteiger partial charge in [-0.2, -0.15) is 0 Å². The molecule has 1 unspecified atom stereocenters. The summed E-state index contributed by atoms with van der Waals surface area (Å²) in [6, 6.07) is 15.3. The van der Waals surface area contributed by atoms with Crippen LogP contribution >= 0.6 is 27.3 Å². The van der Waals surface area contributed by atoms with Gasteiger partial charge in [0.2, 0.25) is 0 Å². The second-order valence-electron chi connectivity index (χ2n) is 5.15. The highest BCUT2D eigenvalue weighted by atomic mass is 79.9. The van der Waals surface area contributed by atoms with Gasteiger partial charge in [0.25, 0.3) is 0 Å². The molecule has 2 aromatic carbocycles. The van der Waals surface area contributed by atoms with E-state index in [0.29, 0.717) is 0 Å². The highest BCUT2D eigenvalue weighted by Crippen LogP contribution is 2.37. The zero-order valence-corrected chi connectivity index (χ0v) is 14.6. The normalized spacial score (nSPS) is 12.7. The molecule has 1 heterocycles. The maximum absolute atomic E-state index is 3.66. The van der Waals surface area contributed by atoms with Gasteiger partial charge in [0.15, 0.2) is 0 Å². The van der Waals surface area contributed by atoms with E-state index in [-0.39, 0.29) is 6.04 Å². The monoisotopic (exact) mass is 359 g/mol. The molecule has 0 bridgehead atoms. The lowest BCUT2D eigenvalue weighted by atomic mass is 9.94. The molecule has 3 rings (SSSR count). The van der Waals surface area contributed by atoms with Gasteiger partial charge in [-0.05, 0) is 62.9 Å². The van der Waals surface area contributed by atoms with Gasteiger partial charge in [-0.1, -0.05) is 43.3 Å². The molecule has 0 amide bonds. The average molecular weight is 360 g/mol. The molecule has 0 saturated heterocycles. The molecule has 0 fully saturated rings. The van der Waals surface area contributed by atoms with Crippen LogP contribution in [0.3, 0.4) is 0 Å². The van der Waals surface area contributed by atoms with Crippen molar-refractivity contribution < 1.29 is 0 Å². The number of halogens is 1.